The molecule has 72 heavy (non-hydrogen) atoms. The number of ether oxygens (including phenoxy) is 2. The number of piperazine rings is 1. The quantitative estimate of drug-likeness (QED) is 0.136. The van der Waals surface area contributed by atoms with E-state index in [-0.39, 0.29) is 57.0 Å². The number of carbonyl (C=O) groups is 5. The molecule has 17 nitrogen and oxygen atoms in total. The molecule has 3 fully saturated rings. The van der Waals surface area contributed by atoms with Gasteiger partial charge in [-0.1, -0.05) is 45.4 Å². The zero-order valence-corrected chi connectivity index (χ0v) is 44.6. The SMILES string of the molecule is CCn1c(-c2cc(N3CCN(C)CC3)cnc2[C@H](C)OC)c2c3cc(ccc31)-c1csc(n1)C[C@H](NC(=O)[C@H](C(C)C)N(C)C(=O)[C@H]1CCN(C(=O)[C@H](F)Cl)C1)C(=O)N1CCCC(N1)C(=O)OCC(C)(C)C2. The van der Waals surface area contributed by atoms with Gasteiger partial charge in [0.25, 0.3) is 17.4 Å². The molecule has 390 valence electrons. The number of pyridine rings is 1. The number of esters is 1. The highest BCUT2D eigenvalue weighted by molar-refractivity contribution is 7.10. The number of nitrogens with one attached hydrogen (secondary N) is 2. The van der Waals surface area contributed by atoms with Gasteiger partial charge in [-0.15, -0.1) is 11.3 Å². The van der Waals surface area contributed by atoms with Crippen molar-refractivity contribution in [2.24, 2.45) is 17.3 Å². The van der Waals surface area contributed by atoms with Crippen LogP contribution in [-0.4, -0.2) is 161 Å². The van der Waals surface area contributed by atoms with E-state index in [9.17, 15) is 28.4 Å². The van der Waals surface area contributed by atoms with Crippen LogP contribution in [0.3, 0.4) is 0 Å². The van der Waals surface area contributed by atoms with Gasteiger partial charge >= 0.3 is 5.97 Å². The van der Waals surface area contributed by atoms with E-state index < -0.39 is 58.8 Å². The molecule has 0 radical (unpaired) electrons. The largest absolute Gasteiger partial charge is 0.464 e. The first-order valence-electron chi connectivity index (χ1n) is 25.2. The highest BCUT2D eigenvalue weighted by atomic mass is 35.5. The van der Waals surface area contributed by atoms with Crippen LogP contribution in [0.25, 0.3) is 33.4 Å². The number of halogens is 2. The summed E-state index contributed by atoms with van der Waals surface area (Å²) in [5, 5.41) is 7.98. The summed E-state index contributed by atoms with van der Waals surface area (Å²) >= 11 is 6.81. The molecular weight excluding hydrogens is 963 g/mol. The van der Waals surface area contributed by atoms with Crippen molar-refractivity contribution in [3.63, 3.8) is 0 Å². The maximum atomic E-state index is 14.7. The smallest absolute Gasteiger partial charge is 0.324 e. The summed E-state index contributed by atoms with van der Waals surface area (Å²) in [5.41, 5.74) is 8.00. The van der Waals surface area contributed by atoms with Gasteiger partial charge < -0.3 is 39.0 Å². The predicted octanol–water partition coefficient (Wildman–Crippen LogP) is 5.82. The molecule has 4 aliphatic rings. The number of likely N-dealkylation sites (N-methyl/N-ethyl adjacent to an activating group) is 2. The van der Waals surface area contributed by atoms with Gasteiger partial charge in [0.1, 0.15) is 18.1 Å². The number of hydrogen-bond acceptors (Lipinski definition) is 13. The number of alkyl halides is 2. The number of hydrazine groups is 1. The lowest BCUT2D eigenvalue weighted by atomic mass is 9.84. The Hall–Kier alpha value is -5.21. The van der Waals surface area contributed by atoms with E-state index in [0.29, 0.717) is 36.5 Å². The van der Waals surface area contributed by atoms with Crippen LogP contribution in [0.4, 0.5) is 10.1 Å². The van der Waals surface area contributed by atoms with Crippen LogP contribution >= 0.6 is 22.9 Å². The van der Waals surface area contributed by atoms with Gasteiger partial charge in [0.2, 0.25) is 11.8 Å². The zero-order chi connectivity index (χ0) is 51.8. The zero-order valence-electron chi connectivity index (χ0n) is 43.0. The van der Waals surface area contributed by atoms with E-state index in [1.165, 1.54) is 33.2 Å². The molecule has 0 saturated carbocycles. The summed E-state index contributed by atoms with van der Waals surface area (Å²) in [6, 6.07) is 5.68. The second-order valence-corrected chi connectivity index (χ2v) is 22.3. The average Bonchev–Trinajstić information content (AvgIpc) is 4.12. The minimum Gasteiger partial charge on any atom is -0.464 e. The minimum absolute atomic E-state index is 0.0201. The Bertz CT molecular complexity index is 2670. The van der Waals surface area contributed by atoms with E-state index in [1.807, 2.05) is 32.3 Å². The fraction of sp³-hybridized carbons (Fsp3) is 0.596. The number of aryl methyl sites for hydroxylation is 1. The Balaban J connectivity index is 1.18. The first-order valence-corrected chi connectivity index (χ1v) is 26.5. The Kier molecular flexibility index (Phi) is 16.3. The van der Waals surface area contributed by atoms with E-state index in [1.54, 1.807) is 7.11 Å². The van der Waals surface area contributed by atoms with Crippen LogP contribution in [0.1, 0.15) is 83.2 Å². The van der Waals surface area contributed by atoms with Gasteiger partial charge in [0.15, 0.2) is 0 Å². The molecule has 4 aromatic rings. The molecule has 6 atom stereocenters. The normalized spacial score (nSPS) is 22.4. The van der Waals surface area contributed by atoms with Crippen molar-refractivity contribution in [1.82, 2.24) is 45.0 Å². The predicted molar refractivity (Wildman–Crippen MR) is 276 cm³/mol. The molecule has 4 aliphatic heterocycles. The van der Waals surface area contributed by atoms with Gasteiger partial charge in [0.05, 0.1) is 52.6 Å². The third-order valence-electron chi connectivity index (χ3n) is 14.8. The second kappa shape index (κ2) is 22.1. The summed E-state index contributed by atoms with van der Waals surface area (Å²) in [6.45, 7) is 16.9. The minimum atomic E-state index is -2.21. The van der Waals surface area contributed by atoms with Crippen molar-refractivity contribution in [3.05, 3.63) is 52.1 Å². The van der Waals surface area contributed by atoms with Crippen LogP contribution < -0.4 is 15.6 Å². The molecule has 0 spiro atoms. The van der Waals surface area contributed by atoms with Crippen LogP contribution in [0, 0.1) is 17.3 Å². The highest BCUT2D eigenvalue weighted by Crippen LogP contribution is 2.43. The molecule has 3 aromatic heterocycles. The third-order valence-corrected chi connectivity index (χ3v) is 15.8. The van der Waals surface area contributed by atoms with E-state index >= 15 is 0 Å². The van der Waals surface area contributed by atoms with Gasteiger partial charge in [-0.2, -0.15) is 0 Å². The number of nitrogens with zero attached hydrogens (tertiary/aromatic N) is 8. The average molecular weight is 1030 g/mol. The van der Waals surface area contributed by atoms with Crippen LogP contribution in [-0.2, 0) is 52.8 Å². The summed E-state index contributed by atoms with van der Waals surface area (Å²) in [5.74, 6) is -3.82. The number of likely N-dealkylation sites (tertiary alicyclic amines) is 1. The molecule has 4 amide bonds. The number of benzene rings is 1. The number of cyclic esters (lactones) is 1. The topological polar surface area (TPSA) is 175 Å². The standard InChI is InChI=1S/C52H70ClFN10O7S/c1-10-63-41-14-13-32-22-35(41)37(45(63)36-23-34(26-55-43(36)31(4)70-9)61-20-18-59(7)19-21-61)25-52(5,6)29-71-51(69)38-12-11-16-64(58-38)49(67)39(24-42-56-40(32)28-72-42)57-47(65)44(30(2)3)60(8)48(66)33-15-17-62(27-33)50(68)46(53)54/h13-14,22-23,26,28,30-31,33,38-39,44,46,58H,10-12,15-21,24-25,27,29H2,1-9H3,(H,57,65)/t31-,33-,38?,39-,44-,46-/m0/s1. The lowest BCUT2D eigenvalue weighted by molar-refractivity contribution is -0.155. The fourth-order valence-electron chi connectivity index (χ4n) is 10.7. The van der Waals surface area contributed by atoms with Crippen molar-refractivity contribution < 1.29 is 37.8 Å². The molecule has 7 heterocycles. The van der Waals surface area contributed by atoms with Crippen molar-refractivity contribution in [2.75, 3.05) is 78.5 Å². The summed E-state index contributed by atoms with van der Waals surface area (Å²) in [4.78, 5) is 87.0. The van der Waals surface area contributed by atoms with E-state index in [4.69, 9.17) is 31.0 Å². The number of thiazole rings is 1. The van der Waals surface area contributed by atoms with Gasteiger partial charge in [-0.25, -0.2) is 14.8 Å². The number of rotatable bonds is 11. The number of aromatic nitrogens is 3. The molecule has 2 N–H and O–H groups in total. The van der Waals surface area contributed by atoms with Crippen molar-refractivity contribution in [2.45, 2.75) is 110 Å². The number of anilines is 1. The Morgan fingerprint density at radius 2 is 1.83 bits per heavy atom. The van der Waals surface area contributed by atoms with E-state index in [0.717, 1.165) is 70.8 Å². The molecule has 6 bridgehead atoms. The molecule has 0 aliphatic carbocycles. The maximum Gasteiger partial charge on any atom is 0.324 e. The molecule has 1 unspecified atom stereocenters. The number of methoxy groups -OCH3 is 1. The van der Waals surface area contributed by atoms with Crippen molar-refractivity contribution >= 4 is 69.1 Å². The highest BCUT2D eigenvalue weighted by Gasteiger charge is 2.41. The third kappa shape index (κ3) is 11.1. The first kappa shape index (κ1) is 53.1. The fourth-order valence-corrected chi connectivity index (χ4v) is 11.7. The van der Waals surface area contributed by atoms with Crippen molar-refractivity contribution in [3.8, 4) is 22.5 Å². The first-order chi connectivity index (χ1) is 34.3. The summed E-state index contributed by atoms with van der Waals surface area (Å²) in [7, 11) is 5.38. The Morgan fingerprint density at radius 1 is 1.08 bits per heavy atom. The lowest BCUT2D eigenvalue weighted by Crippen LogP contribution is -2.62. The number of hydrogen-bond donors (Lipinski definition) is 2. The second-order valence-electron chi connectivity index (χ2n) is 21.0. The number of amides is 4. The molecule has 1 aromatic carbocycles. The van der Waals surface area contributed by atoms with Crippen LogP contribution in [0.5, 0.6) is 0 Å². The molecule has 20 heteroatoms. The van der Waals surface area contributed by atoms with Crippen LogP contribution in [0.15, 0.2) is 35.8 Å². The molecule has 8 rings (SSSR count). The molecular formula is C52H70ClFN10O7S. The monoisotopic (exact) mass is 1030 g/mol. The Labute approximate surface area is 430 Å². The van der Waals surface area contributed by atoms with Gasteiger partial charge in [-0.05, 0) is 76.3 Å². The van der Waals surface area contributed by atoms with Crippen LogP contribution in [0.2, 0.25) is 0 Å². The summed E-state index contributed by atoms with van der Waals surface area (Å²) < 4.78 is 28.2. The van der Waals surface area contributed by atoms with E-state index in [2.05, 4.69) is 77.2 Å². The lowest BCUT2D eigenvalue weighted by Gasteiger charge is -2.37. The number of fused-ring (bicyclic) bond motifs is 6. The van der Waals surface area contributed by atoms with Gasteiger partial charge in [0, 0.05) is 106 Å². The van der Waals surface area contributed by atoms with Gasteiger partial charge in [-0.3, -0.25) is 34.0 Å². The number of carbonyl (C=O) groups excluding carboxylic acids is 5. The maximum absolute atomic E-state index is 14.7. The van der Waals surface area contributed by atoms with Crippen molar-refractivity contribution in [1.29, 1.82) is 0 Å². The molecule has 3 saturated heterocycles. The summed E-state index contributed by atoms with van der Waals surface area (Å²) in [6.07, 6.45) is 3.48. The Morgan fingerprint density at radius 3 is 2.53 bits per heavy atom.